The summed E-state index contributed by atoms with van der Waals surface area (Å²) in [5, 5.41) is 11.3. The second kappa shape index (κ2) is 8.60. The number of nitro groups is 1. The Morgan fingerprint density at radius 2 is 1.71 bits per heavy atom. The largest absolute Gasteiger partial charge is 0.493 e. The molecule has 2 heterocycles. The van der Waals surface area contributed by atoms with Gasteiger partial charge in [-0.25, -0.2) is 4.98 Å². The minimum atomic E-state index is -0.398. The van der Waals surface area contributed by atoms with E-state index in [1.165, 1.54) is 19.2 Å². The van der Waals surface area contributed by atoms with Crippen LogP contribution in [0.1, 0.15) is 5.82 Å². The first-order valence-electron chi connectivity index (χ1n) is 9.85. The molecule has 3 aromatic rings. The van der Waals surface area contributed by atoms with Crippen LogP contribution in [-0.4, -0.2) is 60.2 Å². The Hall–Kier alpha value is -3.66. The van der Waals surface area contributed by atoms with E-state index in [-0.39, 0.29) is 11.2 Å². The van der Waals surface area contributed by atoms with Crippen molar-refractivity contribution >= 4 is 22.3 Å². The number of piperazine rings is 1. The fourth-order valence-corrected chi connectivity index (χ4v) is 3.75. The summed E-state index contributed by atoms with van der Waals surface area (Å²) in [7, 11) is 3.07. The van der Waals surface area contributed by atoms with Crippen molar-refractivity contribution in [3.63, 3.8) is 0 Å². The SMILES string of the molecule is COc1cc2nc(CN3CCN(c4ccc([N+](=O)[O-])cc4)CC3)[nH]c(=O)c2cc1OC. The second-order valence-corrected chi connectivity index (χ2v) is 7.27. The Balaban J connectivity index is 1.45. The number of anilines is 1. The van der Waals surface area contributed by atoms with Gasteiger partial charge in [-0.1, -0.05) is 0 Å². The molecule has 1 fully saturated rings. The number of H-pyrrole nitrogens is 1. The highest BCUT2D eigenvalue weighted by Gasteiger charge is 2.19. The third-order valence-corrected chi connectivity index (χ3v) is 5.43. The number of methoxy groups -OCH3 is 2. The lowest BCUT2D eigenvalue weighted by Crippen LogP contribution is -2.46. The normalized spacial score (nSPS) is 14.6. The standard InChI is InChI=1S/C21H23N5O5/c1-30-18-11-16-17(12-19(18)31-2)22-20(23-21(16)27)13-24-7-9-25(10-8-24)14-3-5-15(6-4-14)26(28)29/h3-6,11-12H,7-10,13H2,1-2H3,(H,22,23,27). The molecule has 0 radical (unpaired) electrons. The molecule has 1 aliphatic heterocycles. The average molecular weight is 425 g/mol. The topological polar surface area (TPSA) is 114 Å². The van der Waals surface area contributed by atoms with Gasteiger partial charge in [-0.3, -0.25) is 19.8 Å². The zero-order chi connectivity index (χ0) is 22.0. The number of aromatic nitrogens is 2. The van der Waals surface area contributed by atoms with Crippen LogP contribution in [0.15, 0.2) is 41.2 Å². The van der Waals surface area contributed by atoms with Crippen molar-refractivity contribution in [1.82, 2.24) is 14.9 Å². The Kier molecular flexibility index (Phi) is 5.72. The van der Waals surface area contributed by atoms with E-state index in [4.69, 9.17) is 9.47 Å². The fourth-order valence-electron chi connectivity index (χ4n) is 3.75. The summed E-state index contributed by atoms with van der Waals surface area (Å²) in [4.78, 5) is 34.9. The van der Waals surface area contributed by atoms with Gasteiger partial charge in [0.2, 0.25) is 0 Å². The molecule has 0 aliphatic carbocycles. The zero-order valence-corrected chi connectivity index (χ0v) is 17.3. The molecule has 162 valence electrons. The Labute approximate surface area is 178 Å². The van der Waals surface area contributed by atoms with E-state index in [9.17, 15) is 14.9 Å². The summed E-state index contributed by atoms with van der Waals surface area (Å²) in [5.74, 6) is 1.60. The maximum absolute atomic E-state index is 12.6. The summed E-state index contributed by atoms with van der Waals surface area (Å²) in [6.45, 7) is 3.64. The molecular formula is C21H23N5O5. The van der Waals surface area contributed by atoms with Crippen LogP contribution in [0.5, 0.6) is 11.5 Å². The number of non-ortho nitro benzene ring substituents is 1. The van der Waals surface area contributed by atoms with Crippen LogP contribution < -0.4 is 19.9 Å². The number of fused-ring (bicyclic) bond motifs is 1. The molecule has 1 aliphatic rings. The van der Waals surface area contributed by atoms with Gasteiger partial charge in [0.25, 0.3) is 11.2 Å². The van der Waals surface area contributed by atoms with Gasteiger partial charge in [0.1, 0.15) is 5.82 Å². The Morgan fingerprint density at radius 1 is 1.06 bits per heavy atom. The number of aromatic amines is 1. The summed E-state index contributed by atoms with van der Waals surface area (Å²) < 4.78 is 10.6. The smallest absolute Gasteiger partial charge is 0.269 e. The molecular weight excluding hydrogens is 402 g/mol. The van der Waals surface area contributed by atoms with Crippen molar-refractivity contribution < 1.29 is 14.4 Å². The van der Waals surface area contributed by atoms with E-state index in [1.807, 2.05) is 0 Å². The average Bonchev–Trinajstić information content (AvgIpc) is 2.79. The number of hydrogen-bond donors (Lipinski definition) is 1. The first kappa shape index (κ1) is 20.6. The van der Waals surface area contributed by atoms with Crippen LogP contribution in [0.2, 0.25) is 0 Å². The van der Waals surface area contributed by atoms with Crippen molar-refractivity contribution in [3.8, 4) is 11.5 Å². The molecule has 1 N–H and O–H groups in total. The van der Waals surface area contributed by atoms with Crippen LogP contribution >= 0.6 is 0 Å². The minimum absolute atomic E-state index is 0.0861. The van der Waals surface area contributed by atoms with Crippen molar-refractivity contribution in [2.24, 2.45) is 0 Å². The van der Waals surface area contributed by atoms with Gasteiger partial charge >= 0.3 is 0 Å². The number of nitrogens with zero attached hydrogens (tertiary/aromatic N) is 4. The van der Waals surface area contributed by atoms with Crippen LogP contribution in [0.3, 0.4) is 0 Å². The predicted octanol–water partition coefficient (Wildman–Crippen LogP) is 2.17. The van der Waals surface area contributed by atoms with Crippen LogP contribution in [0.4, 0.5) is 11.4 Å². The lowest BCUT2D eigenvalue weighted by Gasteiger charge is -2.35. The molecule has 0 atom stereocenters. The van der Waals surface area contributed by atoms with Gasteiger partial charge in [-0.2, -0.15) is 0 Å². The van der Waals surface area contributed by atoms with Gasteiger partial charge in [0.05, 0.1) is 36.6 Å². The number of ether oxygens (including phenoxy) is 2. The number of hydrogen-bond acceptors (Lipinski definition) is 8. The van der Waals surface area contributed by atoms with E-state index in [1.54, 1.807) is 31.4 Å². The highest BCUT2D eigenvalue weighted by molar-refractivity contribution is 5.81. The van der Waals surface area contributed by atoms with Crippen LogP contribution in [-0.2, 0) is 6.54 Å². The quantitative estimate of drug-likeness (QED) is 0.472. The monoisotopic (exact) mass is 425 g/mol. The molecule has 0 unspecified atom stereocenters. The van der Waals surface area contributed by atoms with E-state index >= 15 is 0 Å². The highest BCUT2D eigenvalue weighted by atomic mass is 16.6. The van der Waals surface area contributed by atoms with Crippen molar-refractivity contribution in [2.45, 2.75) is 6.54 Å². The number of nitrogens with one attached hydrogen (secondary N) is 1. The van der Waals surface area contributed by atoms with Gasteiger partial charge in [0, 0.05) is 50.1 Å². The molecule has 2 aromatic carbocycles. The first-order valence-corrected chi connectivity index (χ1v) is 9.85. The number of nitro benzene ring substituents is 1. The molecule has 0 bridgehead atoms. The third-order valence-electron chi connectivity index (χ3n) is 5.43. The number of benzene rings is 2. The molecule has 31 heavy (non-hydrogen) atoms. The maximum Gasteiger partial charge on any atom is 0.269 e. The third kappa shape index (κ3) is 4.29. The zero-order valence-electron chi connectivity index (χ0n) is 17.3. The summed E-state index contributed by atoms with van der Waals surface area (Å²) in [6, 6.07) is 9.94. The van der Waals surface area contributed by atoms with Gasteiger partial charge in [0.15, 0.2) is 11.5 Å². The maximum atomic E-state index is 12.6. The molecule has 1 aromatic heterocycles. The summed E-state index contributed by atoms with van der Waals surface area (Å²) in [5.41, 5.74) is 1.39. The molecule has 4 rings (SSSR count). The number of rotatable bonds is 6. The van der Waals surface area contributed by atoms with Gasteiger partial charge in [-0.05, 0) is 18.2 Å². The molecule has 0 amide bonds. The summed E-state index contributed by atoms with van der Waals surface area (Å²) in [6.07, 6.45) is 0. The van der Waals surface area contributed by atoms with E-state index < -0.39 is 4.92 Å². The van der Waals surface area contributed by atoms with Gasteiger partial charge < -0.3 is 19.4 Å². The minimum Gasteiger partial charge on any atom is -0.493 e. The summed E-state index contributed by atoms with van der Waals surface area (Å²) >= 11 is 0. The first-order chi connectivity index (χ1) is 15.0. The van der Waals surface area contributed by atoms with E-state index in [0.29, 0.717) is 34.8 Å². The molecule has 10 heteroatoms. The second-order valence-electron chi connectivity index (χ2n) is 7.27. The molecule has 1 saturated heterocycles. The van der Waals surface area contributed by atoms with Crippen molar-refractivity contribution in [1.29, 1.82) is 0 Å². The Morgan fingerprint density at radius 3 is 2.32 bits per heavy atom. The molecule has 10 nitrogen and oxygen atoms in total. The molecule has 0 saturated carbocycles. The lowest BCUT2D eigenvalue weighted by molar-refractivity contribution is -0.384. The Bertz CT molecular complexity index is 1150. The van der Waals surface area contributed by atoms with Crippen LogP contribution in [0.25, 0.3) is 10.9 Å². The van der Waals surface area contributed by atoms with E-state index in [2.05, 4.69) is 19.8 Å². The van der Waals surface area contributed by atoms with Gasteiger partial charge in [-0.15, -0.1) is 0 Å². The predicted molar refractivity (Wildman–Crippen MR) is 116 cm³/mol. The molecule has 0 spiro atoms. The van der Waals surface area contributed by atoms with Crippen molar-refractivity contribution in [3.05, 3.63) is 62.7 Å². The van der Waals surface area contributed by atoms with Crippen LogP contribution in [0, 0.1) is 10.1 Å². The fraction of sp³-hybridized carbons (Fsp3) is 0.333. The van der Waals surface area contributed by atoms with E-state index in [0.717, 1.165) is 31.9 Å². The lowest BCUT2D eigenvalue weighted by atomic mass is 10.2. The highest BCUT2D eigenvalue weighted by Crippen LogP contribution is 2.30. The van der Waals surface area contributed by atoms with Crippen molar-refractivity contribution in [2.75, 3.05) is 45.3 Å².